The predicted octanol–water partition coefficient (Wildman–Crippen LogP) is 2.66. The van der Waals surface area contributed by atoms with E-state index in [1.807, 2.05) is 39.5 Å². The standard InChI is InChI=1S/C22H34N4O4/c1-6-25(7-2)20(28)17-9-8-10-18(15-17)23-19(27)16-24-11-13-26(14-12-24)21(29)30-22(3,4)5/h8-10,15H,6-7,11-14,16H2,1-5H3,(H,23,27). The molecule has 0 atom stereocenters. The number of nitrogens with zero attached hydrogens (tertiary/aromatic N) is 3. The molecule has 1 aromatic rings. The summed E-state index contributed by atoms with van der Waals surface area (Å²) in [5.41, 5.74) is 0.642. The number of piperazine rings is 1. The molecule has 0 aromatic heterocycles. The third kappa shape index (κ3) is 7.02. The van der Waals surface area contributed by atoms with Gasteiger partial charge in [-0.15, -0.1) is 0 Å². The Labute approximate surface area is 179 Å². The number of amides is 3. The summed E-state index contributed by atoms with van der Waals surface area (Å²) in [6.07, 6.45) is -0.318. The van der Waals surface area contributed by atoms with E-state index < -0.39 is 5.60 Å². The average molecular weight is 419 g/mol. The largest absolute Gasteiger partial charge is 0.444 e. The van der Waals surface area contributed by atoms with Gasteiger partial charge >= 0.3 is 6.09 Å². The number of benzene rings is 1. The molecule has 2 rings (SSSR count). The fraction of sp³-hybridized carbons (Fsp3) is 0.591. The Morgan fingerprint density at radius 2 is 1.70 bits per heavy atom. The van der Waals surface area contributed by atoms with E-state index in [4.69, 9.17) is 4.74 Å². The maximum absolute atomic E-state index is 12.5. The van der Waals surface area contributed by atoms with E-state index in [1.165, 1.54) is 0 Å². The van der Waals surface area contributed by atoms with Crippen molar-refractivity contribution in [2.75, 3.05) is 51.1 Å². The first-order valence-corrected chi connectivity index (χ1v) is 10.5. The Morgan fingerprint density at radius 1 is 1.07 bits per heavy atom. The molecule has 0 bridgehead atoms. The summed E-state index contributed by atoms with van der Waals surface area (Å²) in [6.45, 7) is 13.2. The first kappa shape index (κ1) is 23.7. The van der Waals surface area contributed by atoms with Gasteiger partial charge in [-0.1, -0.05) is 6.07 Å². The van der Waals surface area contributed by atoms with Crippen LogP contribution in [0.4, 0.5) is 10.5 Å². The highest BCUT2D eigenvalue weighted by Crippen LogP contribution is 2.14. The van der Waals surface area contributed by atoms with Gasteiger partial charge < -0.3 is 19.9 Å². The number of anilines is 1. The van der Waals surface area contributed by atoms with Crippen LogP contribution in [-0.2, 0) is 9.53 Å². The zero-order chi connectivity index (χ0) is 22.3. The van der Waals surface area contributed by atoms with Crippen LogP contribution in [0.1, 0.15) is 45.0 Å². The van der Waals surface area contributed by atoms with Crippen molar-refractivity contribution in [1.82, 2.24) is 14.7 Å². The minimum absolute atomic E-state index is 0.0469. The van der Waals surface area contributed by atoms with Crippen molar-refractivity contribution in [3.05, 3.63) is 29.8 Å². The van der Waals surface area contributed by atoms with E-state index in [2.05, 4.69) is 5.32 Å². The molecule has 1 fully saturated rings. The molecule has 1 saturated heterocycles. The molecule has 1 aliphatic heterocycles. The van der Waals surface area contributed by atoms with Crippen molar-refractivity contribution in [3.63, 3.8) is 0 Å². The Kier molecular flexibility index (Phi) is 8.23. The van der Waals surface area contributed by atoms with Gasteiger partial charge in [0.1, 0.15) is 5.60 Å². The molecule has 0 aliphatic carbocycles. The second kappa shape index (κ2) is 10.4. The molecule has 8 nitrogen and oxygen atoms in total. The lowest BCUT2D eigenvalue weighted by Crippen LogP contribution is -2.51. The quantitative estimate of drug-likeness (QED) is 0.768. The molecule has 166 valence electrons. The smallest absolute Gasteiger partial charge is 0.410 e. The molecule has 1 N–H and O–H groups in total. The van der Waals surface area contributed by atoms with Gasteiger partial charge in [-0.25, -0.2) is 4.79 Å². The lowest BCUT2D eigenvalue weighted by atomic mass is 10.1. The number of carbonyl (C=O) groups is 3. The Hall–Kier alpha value is -2.61. The molecule has 1 aromatic carbocycles. The second-order valence-electron chi connectivity index (χ2n) is 8.35. The van der Waals surface area contributed by atoms with E-state index in [9.17, 15) is 14.4 Å². The molecule has 3 amide bonds. The Balaban J connectivity index is 1.85. The highest BCUT2D eigenvalue weighted by atomic mass is 16.6. The zero-order valence-electron chi connectivity index (χ0n) is 18.7. The normalized spacial score (nSPS) is 14.9. The summed E-state index contributed by atoms with van der Waals surface area (Å²) in [6, 6.07) is 7.01. The van der Waals surface area contributed by atoms with Crippen LogP contribution in [0.5, 0.6) is 0 Å². The molecular weight excluding hydrogens is 384 g/mol. The fourth-order valence-electron chi connectivity index (χ4n) is 3.24. The number of hydrogen-bond acceptors (Lipinski definition) is 5. The van der Waals surface area contributed by atoms with Gasteiger partial charge in [0.05, 0.1) is 6.54 Å². The molecule has 1 aliphatic rings. The summed E-state index contributed by atoms with van der Waals surface area (Å²) in [5.74, 6) is -0.192. The second-order valence-corrected chi connectivity index (χ2v) is 8.35. The van der Waals surface area contributed by atoms with Crippen LogP contribution >= 0.6 is 0 Å². The van der Waals surface area contributed by atoms with E-state index in [1.54, 1.807) is 34.1 Å². The van der Waals surface area contributed by atoms with Crippen LogP contribution in [0, 0.1) is 0 Å². The average Bonchev–Trinajstić information content (AvgIpc) is 2.68. The van der Waals surface area contributed by atoms with Crippen LogP contribution in [0.2, 0.25) is 0 Å². The molecule has 0 saturated carbocycles. The van der Waals surface area contributed by atoms with Crippen molar-refractivity contribution >= 4 is 23.6 Å². The van der Waals surface area contributed by atoms with Gasteiger partial charge in [0.2, 0.25) is 5.91 Å². The maximum atomic E-state index is 12.5. The highest BCUT2D eigenvalue weighted by molar-refractivity contribution is 5.97. The number of carbonyl (C=O) groups excluding carboxylic acids is 3. The minimum Gasteiger partial charge on any atom is -0.444 e. The van der Waals surface area contributed by atoms with Crippen LogP contribution in [0.3, 0.4) is 0 Å². The Bertz CT molecular complexity index is 748. The van der Waals surface area contributed by atoms with Crippen molar-refractivity contribution in [2.24, 2.45) is 0 Å². The molecule has 1 heterocycles. The van der Waals surface area contributed by atoms with Gasteiger partial charge in [-0.05, 0) is 52.8 Å². The van der Waals surface area contributed by atoms with Crippen molar-refractivity contribution in [1.29, 1.82) is 0 Å². The first-order chi connectivity index (χ1) is 14.1. The fourth-order valence-corrected chi connectivity index (χ4v) is 3.24. The third-order valence-electron chi connectivity index (χ3n) is 4.84. The lowest BCUT2D eigenvalue weighted by Gasteiger charge is -2.35. The maximum Gasteiger partial charge on any atom is 0.410 e. The summed E-state index contributed by atoms with van der Waals surface area (Å²) < 4.78 is 5.39. The topological polar surface area (TPSA) is 82.2 Å². The third-order valence-corrected chi connectivity index (χ3v) is 4.84. The molecule has 0 spiro atoms. The number of rotatable bonds is 6. The lowest BCUT2D eigenvalue weighted by molar-refractivity contribution is -0.117. The number of ether oxygens (including phenoxy) is 1. The summed E-state index contributed by atoms with van der Waals surface area (Å²) >= 11 is 0. The minimum atomic E-state index is -0.519. The van der Waals surface area contributed by atoms with E-state index in [-0.39, 0.29) is 24.5 Å². The first-order valence-electron chi connectivity index (χ1n) is 10.5. The van der Waals surface area contributed by atoms with Crippen LogP contribution in [0.25, 0.3) is 0 Å². The van der Waals surface area contributed by atoms with Crippen LogP contribution < -0.4 is 5.32 Å². The van der Waals surface area contributed by atoms with E-state index in [0.29, 0.717) is 50.5 Å². The van der Waals surface area contributed by atoms with Crippen molar-refractivity contribution in [2.45, 2.75) is 40.2 Å². The molecular formula is C22H34N4O4. The van der Waals surface area contributed by atoms with Crippen LogP contribution in [-0.4, -0.2) is 84.0 Å². The zero-order valence-corrected chi connectivity index (χ0v) is 18.7. The van der Waals surface area contributed by atoms with Crippen molar-refractivity contribution < 1.29 is 19.1 Å². The van der Waals surface area contributed by atoms with E-state index >= 15 is 0 Å². The van der Waals surface area contributed by atoms with Gasteiger partial charge in [-0.3, -0.25) is 14.5 Å². The SMILES string of the molecule is CCN(CC)C(=O)c1cccc(NC(=O)CN2CCN(C(=O)OC(C)(C)C)CC2)c1. The summed E-state index contributed by atoms with van der Waals surface area (Å²) in [4.78, 5) is 42.5. The molecule has 0 unspecified atom stereocenters. The monoisotopic (exact) mass is 418 g/mol. The van der Waals surface area contributed by atoms with Gasteiger partial charge in [0.15, 0.2) is 0 Å². The van der Waals surface area contributed by atoms with Crippen LogP contribution in [0.15, 0.2) is 24.3 Å². The van der Waals surface area contributed by atoms with E-state index in [0.717, 1.165) is 0 Å². The molecule has 0 radical (unpaired) electrons. The summed E-state index contributed by atoms with van der Waals surface area (Å²) in [5, 5.41) is 2.87. The number of hydrogen-bond donors (Lipinski definition) is 1. The van der Waals surface area contributed by atoms with Gasteiger partial charge in [0, 0.05) is 50.5 Å². The van der Waals surface area contributed by atoms with Crippen molar-refractivity contribution in [3.8, 4) is 0 Å². The van der Waals surface area contributed by atoms with Gasteiger partial charge in [-0.2, -0.15) is 0 Å². The molecule has 30 heavy (non-hydrogen) atoms. The molecule has 8 heteroatoms. The highest BCUT2D eigenvalue weighted by Gasteiger charge is 2.26. The predicted molar refractivity (Wildman–Crippen MR) is 117 cm³/mol. The number of nitrogens with one attached hydrogen (secondary N) is 1. The Morgan fingerprint density at radius 3 is 2.27 bits per heavy atom. The summed E-state index contributed by atoms with van der Waals surface area (Å²) in [7, 11) is 0. The van der Waals surface area contributed by atoms with Gasteiger partial charge in [0.25, 0.3) is 5.91 Å².